The second-order valence-electron chi connectivity index (χ2n) is 11.3. The van der Waals surface area contributed by atoms with Crippen LogP contribution in [0.15, 0.2) is 67.0 Å². The molecule has 4 aromatic rings. The first-order valence-electron chi connectivity index (χ1n) is 14.1. The van der Waals surface area contributed by atoms with E-state index in [0.717, 1.165) is 35.2 Å². The highest BCUT2D eigenvalue weighted by Gasteiger charge is 2.22. The van der Waals surface area contributed by atoms with Gasteiger partial charge in [-0.15, -0.1) is 5.10 Å². The molecule has 0 spiro atoms. The van der Waals surface area contributed by atoms with Crippen LogP contribution >= 0.6 is 0 Å². The van der Waals surface area contributed by atoms with Crippen molar-refractivity contribution in [2.75, 3.05) is 6.61 Å². The van der Waals surface area contributed by atoms with Crippen molar-refractivity contribution in [1.29, 1.82) is 0 Å². The van der Waals surface area contributed by atoms with Crippen LogP contribution in [0.4, 0.5) is 4.79 Å². The van der Waals surface area contributed by atoms with Gasteiger partial charge in [-0.05, 0) is 34.0 Å². The number of aromatic nitrogens is 6. The summed E-state index contributed by atoms with van der Waals surface area (Å²) in [5.41, 5.74) is 2.83. The first kappa shape index (κ1) is 30.8. The number of hydrogen-bond acceptors (Lipinski definition) is 8. The van der Waals surface area contributed by atoms with Crippen molar-refractivity contribution >= 4 is 20.0 Å². The van der Waals surface area contributed by atoms with Crippen LogP contribution in [0.3, 0.4) is 0 Å². The van der Waals surface area contributed by atoms with E-state index in [1.165, 1.54) is 4.68 Å². The van der Waals surface area contributed by atoms with E-state index in [-0.39, 0.29) is 18.9 Å². The van der Waals surface area contributed by atoms with Crippen LogP contribution in [0.25, 0.3) is 11.4 Å². The van der Waals surface area contributed by atoms with Gasteiger partial charge < -0.3 is 19.4 Å². The zero-order chi connectivity index (χ0) is 30.0. The molecule has 0 aliphatic heterocycles. The highest BCUT2D eigenvalue weighted by Crippen LogP contribution is 2.20. The number of carbonyl (C=O) groups excluding carboxylic acids is 2. The molecule has 11 nitrogen and oxygen atoms in total. The van der Waals surface area contributed by atoms with E-state index in [2.05, 4.69) is 45.5 Å². The van der Waals surface area contributed by atoms with Crippen LogP contribution in [0, 0.1) is 0 Å². The lowest BCUT2D eigenvalue weighted by Crippen LogP contribution is -2.42. The van der Waals surface area contributed by atoms with E-state index >= 15 is 0 Å². The average Bonchev–Trinajstić information content (AvgIpc) is 3.63. The fourth-order valence-electron chi connectivity index (χ4n) is 4.22. The molecule has 0 saturated heterocycles. The minimum absolute atomic E-state index is 0.0625. The summed E-state index contributed by atoms with van der Waals surface area (Å²) in [5.74, 6) is 1.18. The Labute approximate surface area is 247 Å². The summed E-state index contributed by atoms with van der Waals surface area (Å²) < 4.78 is 14.6. The van der Waals surface area contributed by atoms with Gasteiger partial charge in [-0.25, -0.2) is 14.5 Å². The SMILES string of the molecule is CCC(NC(=O)OCc1ccccc1)C(=O)Cn1nnnc1Cc1ccc(-c2nccn2COCC[Si](C)(C)C)cc1. The third-order valence-corrected chi connectivity index (χ3v) is 8.43. The summed E-state index contributed by atoms with van der Waals surface area (Å²) in [6.07, 6.45) is 3.91. The molecular formula is C30H39N7O4Si. The molecule has 0 fully saturated rings. The summed E-state index contributed by atoms with van der Waals surface area (Å²) in [5, 5.41) is 14.6. The van der Waals surface area contributed by atoms with Gasteiger partial charge in [0.25, 0.3) is 0 Å². The molecule has 0 aliphatic carbocycles. The van der Waals surface area contributed by atoms with Crippen LogP contribution in [0.5, 0.6) is 0 Å². The summed E-state index contributed by atoms with van der Waals surface area (Å²) in [6, 6.07) is 17.8. The molecule has 0 bridgehead atoms. The molecule has 0 radical (unpaired) electrons. The summed E-state index contributed by atoms with van der Waals surface area (Å²) in [4.78, 5) is 29.8. The number of ether oxygens (including phenoxy) is 2. The van der Waals surface area contributed by atoms with Gasteiger partial charge in [-0.3, -0.25) is 4.79 Å². The molecule has 0 saturated carbocycles. The second-order valence-corrected chi connectivity index (χ2v) is 16.9. The molecule has 2 heterocycles. The molecule has 12 heteroatoms. The summed E-state index contributed by atoms with van der Waals surface area (Å²) in [7, 11) is -1.14. The normalized spacial score (nSPS) is 12.2. The van der Waals surface area contributed by atoms with Crippen molar-refractivity contribution in [2.45, 2.75) is 71.4 Å². The van der Waals surface area contributed by atoms with Gasteiger partial charge in [0, 0.05) is 39.1 Å². The highest BCUT2D eigenvalue weighted by molar-refractivity contribution is 6.76. The van der Waals surface area contributed by atoms with E-state index in [1.807, 2.05) is 72.3 Å². The fourth-order valence-corrected chi connectivity index (χ4v) is 4.97. The van der Waals surface area contributed by atoms with Gasteiger partial charge in [0.15, 0.2) is 11.6 Å². The number of carbonyl (C=O) groups is 2. The largest absolute Gasteiger partial charge is 0.445 e. The first-order chi connectivity index (χ1) is 20.2. The summed E-state index contributed by atoms with van der Waals surface area (Å²) in [6.45, 7) is 10.1. The van der Waals surface area contributed by atoms with Crippen LogP contribution in [0.1, 0.15) is 30.3 Å². The van der Waals surface area contributed by atoms with E-state index in [9.17, 15) is 9.59 Å². The van der Waals surface area contributed by atoms with Crippen LogP contribution in [-0.4, -0.2) is 62.4 Å². The molecular weight excluding hydrogens is 550 g/mol. The molecule has 222 valence electrons. The molecule has 2 aromatic heterocycles. The predicted molar refractivity (Wildman–Crippen MR) is 161 cm³/mol. The molecule has 4 rings (SSSR count). The predicted octanol–water partition coefficient (Wildman–Crippen LogP) is 4.71. The quantitative estimate of drug-likeness (QED) is 0.156. The number of nitrogens with zero attached hydrogens (tertiary/aromatic N) is 6. The Kier molecular flexibility index (Phi) is 10.7. The third kappa shape index (κ3) is 9.18. The van der Waals surface area contributed by atoms with Crippen molar-refractivity contribution < 1.29 is 19.1 Å². The molecule has 2 aromatic carbocycles. The Morgan fingerprint density at radius 3 is 2.50 bits per heavy atom. The van der Waals surface area contributed by atoms with Crippen LogP contribution in [-0.2, 0) is 40.6 Å². The average molecular weight is 590 g/mol. The number of ketones is 1. The Balaban J connectivity index is 1.31. The van der Waals surface area contributed by atoms with E-state index in [1.54, 1.807) is 6.20 Å². The van der Waals surface area contributed by atoms with Gasteiger partial charge in [-0.2, -0.15) is 0 Å². The number of nitrogens with one attached hydrogen (secondary N) is 1. The highest BCUT2D eigenvalue weighted by atomic mass is 28.3. The van der Waals surface area contributed by atoms with Gasteiger partial charge in [0.05, 0.1) is 6.04 Å². The van der Waals surface area contributed by atoms with Gasteiger partial charge >= 0.3 is 6.09 Å². The maximum absolute atomic E-state index is 13.0. The monoisotopic (exact) mass is 589 g/mol. The number of benzene rings is 2. The van der Waals surface area contributed by atoms with Crippen LogP contribution < -0.4 is 5.32 Å². The minimum atomic E-state index is -1.14. The number of alkyl carbamates (subject to hydrolysis) is 1. The smallest absolute Gasteiger partial charge is 0.408 e. The molecule has 42 heavy (non-hydrogen) atoms. The Morgan fingerprint density at radius 1 is 1.02 bits per heavy atom. The number of Topliss-reactive ketones (excluding diaryl/α,β-unsaturated/α-hetero) is 1. The Hall–Kier alpha value is -4.16. The van der Waals surface area contributed by atoms with Crippen molar-refractivity contribution in [2.24, 2.45) is 0 Å². The van der Waals surface area contributed by atoms with Crippen molar-refractivity contribution in [3.63, 3.8) is 0 Å². The molecule has 0 aliphatic rings. The third-order valence-electron chi connectivity index (χ3n) is 6.73. The summed E-state index contributed by atoms with van der Waals surface area (Å²) >= 11 is 0. The number of imidazole rings is 1. The zero-order valence-corrected chi connectivity index (χ0v) is 25.7. The van der Waals surface area contributed by atoms with E-state index < -0.39 is 20.2 Å². The maximum atomic E-state index is 13.0. The van der Waals surface area contributed by atoms with Gasteiger partial charge in [0.2, 0.25) is 0 Å². The van der Waals surface area contributed by atoms with Crippen molar-refractivity contribution in [3.05, 3.63) is 83.9 Å². The molecule has 1 N–H and O–H groups in total. The second kappa shape index (κ2) is 14.6. The maximum Gasteiger partial charge on any atom is 0.408 e. The lowest BCUT2D eigenvalue weighted by atomic mass is 10.1. The lowest BCUT2D eigenvalue weighted by molar-refractivity contribution is -0.121. The number of amides is 1. The van der Waals surface area contributed by atoms with E-state index in [0.29, 0.717) is 25.4 Å². The Morgan fingerprint density at radius 2 is 1.79 bits per heavy atom. The van der Waals surface area contributed by atoms with Crippen LogP contribution in [0.2, 0.25) is 25.7 Å². The topological polar surface area (TPSA) is 126 Å². The van der Waals surface area contributed by atoms with Gasteiger partial charge in [-0.1, -0.05) is 81.2 Å². The van der Waals surface area contributed by atoms with Crippen molar-refractivity contribution in [3.8, 4) is 11.4 Å². The molecule has 1 atom stereocenters. The minimum Gasteiger partial charge on any atom is -0.445 e. The first-order valence-corrected chi connectivity index (χ1v) is 17.9. The number of tetrazole rings is 1. The van der Waals surface area contributed by atoms with E-state index in [4.69, 9.17) is 9.47 Å². The molecule has 1 unspecified atom stereocenters. The standard InChI is InChI=1S/C30H39N7O4Si/c1-5-26(32-30(39)41-21-24-9-7-6-8-10-24)27(38)20-37-28(33-34-35-37)19-23-11-13-25(14-12-23)29-31-15-16-36(29)22-40-17-18-42(2,3)4/h6-16,26H,5,17-22H2,1-4H3,(H,32,39). The van der Waals surface area contributed by atoms with Crippen molar-refractivity contribution in [1.82, 2.24) is 35.1 Å². The fraction of sp³-hybridized carbons (Fsp3) is 0.400. The number of rotatable bonds is 15. The Bertz CT molecular complexity index is 1430. The van der Waals surface area contributed by atoms with Gasteiger partial charge in [0.1, 0.15) is 25.7 Å². The zero-order valence-electron chi connectivity index (χ0n) is 24.7. The number of hydrogen-bond donors (Lipinski definition) is 1. The lowest BCUT2D eigenvalue weighted by Gasteiger charge is -2.16. The molecule has 1 amide bonds.